The van der Waals surface area contributed by atoms with Gasteiger partial charge < -0.3 is 42.1 Å². The molecule has 4 aromatic rings. The zero-order valence-corrected chi connectivity index (χ0v) is 29.0. The highest BCUT2D eigenvalue weighted by Gasteiger charge is 2.64. The zero-order valence-electron chi connectivity index (χ0n) is 27.5. The van der Waals surface area contributed by atoms with Crippen molar-refractivity contribution in [1.82, 2.24) is 0 Å². The van der Waals surface area contributed by atoms with Crippen LogP contribution in [-0.4, -0.2) is 61.1 Å². The number of halogens is 1. The first-order valence-corrected chi connectivity index (χ1v) is 17.3. The molecule has 7 rings (SSSR count). The van der Waals surface area contributed by atoms with E-state index in [1.165, 1.54) is 40.6 Å². The van der Waals surface area contributed by atoms with Crippen LogP contribution in [0.4, 0.5) is 0 Å². The summed E-state index contributed by atoms with van der Waals surface area (Å²) in [6.45, 7) is 0.146. The molecule has 0 radical (unpaired) electrons. The summed E-state index contributed by atoms with van der Waals surface area (Å²) in [4.78, 5) is 12.1. The van der Waals surface area contributed by atoms with Crippen LogP contribution in [0, 0.1) is 5.92 Å². The SMILES string of the molecule is COc1ccc(S(=O)(=O)Oc2ccc(CO[C@H]3c4cc5c(cc4[C@@H](c4cc(OC)c(OC)c(OC)c4)[C@@]4(Cl)C(=O)OC[C@H]34)OCO5)cc2)cc1. The average molecular weight is 725 g/mol. The average Bonchev–Trinajstić information content (AvgIpc) is 3.72. The zero-order chi connectivity index (χ0) is 35.2. The number of esters is 1. The first-order chi connectivity index (χ1) is 24.1. The van der Waals surface area contributed by atoms with Gasteiger partial charge >= 0.3 is 16.1 Å². The molecular weight excluding hydrogens is 692 g/mol. The van der Waals surface area contributed by atoms with Crippen molar-refractivity contribution in [2.45, 2.75) is 28.4 Å². The van der Waals surface area contributed by atoms with E-state index in [0.717, 1.165) is 11.1 Å². The van der Waals surface area contributed by atoms with Crippen LogP contribution in [0.25, 0.3) is 0 Å². The molecule has 0 saturated carbocycles. The molecule has 2 heterocycles. The Balaban J connectivity index is 1.21. The minimum atomic E-state index is -4.07. The first-order valence-electron chi connectivity index (χ1n) is 15.5. The monoisotopic (exact) mass is 724 g/mol. The molecular formula is C36H33ClO12S. The maximum Gasteiger partial charge on any atom is 0.339 e. The van der Waals surface area contributed by atoms with Crippen molar-refractivity contribution < 1.29 is 55.3 Å². The second kappa shape index (κ2) is 13.1. The largest absolute Gasteiger partial charge is 0.497 e. The smallest absolute Gasteiger partial charge is 0.339 e. The third-order valence-corrected chi connectivity index (χ3v) is 11.1. The van der Waals surface area contributed by atoms with Crippen molar-refractivity contribution in [3.05, 3.63) is 95.1 Å². The number of alkyl halides is 1. The van der Waals surface area contributed by atoms with Crippen molar-refractivity contribution in [3.8, 4) is 40.2 Å². The predicted octanol–water partition coefficient (Wildman–Crippen LogP) is 5.77. The van der Waals surface area contributed by atoms with Crippen molar-refractivity contribution in [2.24, 2.45) is 5.92 Å². The molecule has 0 unspecified atom stereocenters. The Hall–Kier alpha value is -4.85. The van der Waals surface area contributed by atoms with Crippen LogP contribution in [0.15, 0.2) is 77.7 Å². The molecule has 1 fully saturated rings. The predicted molar refractivity (Wildman–Crippen MR) is 178 cm³/mol. The quantitative estimate of drug-likeness (QED) is 0.106. The first kappa shape index (κ1) is 33.6. The highest BCUT2D eigenvalue weighted by molar-refractivity contribution is 7.87. The highest BCUT2D eigenvalue weighted by Crippen LogP contribution is 2.61. The molecule has 0 bridgehead atoms. The summed E-state index contributed by atoms with van der Waals surface area (Å²) in [5.41, 5.74) is 2.79. The van der Waals surface area contributed by atoms with E-state index < -0.39 is 38.9 Å². The van der Waals surface area contributed by atoms with E-state index in [9.17, 15) is 13.2 Å². The van der Waals surface area contributed by atoms with E-state index in [4.69, 9.17) is 53.7 Å². The van der Waals surface area contributed by atoms with Gasteiger partial charge in [-0.05, 0) is 82.9 Å². The number of methoxy groups -OCH3 is 4. The Morgan fingerprint density at radius 1 is 0.780 bits per heavy atom. The number of carbonyl (C=O) groups is 1. The van der Waals surface area contributed by atoms with Gasteiger partial charge in [-0.15, -0.1) is 11.6 Å². The molecule has 50 heavy (non-hydrogen) atoms. The lowest BCUT2D eigenvalue weighted by molar-refractivity contribution is -0.140. The maximum absolute atomic E-state index is 13.7. The number of carbonyl (C=O) groups excluding carboxylic acids is 1. The number of benzene rings is 4. The number of fused-ring (bicyclic) bond motifs is 3. The van der Waals surface area contributed by atoms with Gasteiger partial charge in [0.15, 0.2) is 27.9 Å². The number of ether oxygens (including phenoxy) is 8. The van der Waals surface area contributed by atoms with Gasteiger partial charge in [0.1, 0.15) is 16.4 Å². The third kappa shape index (κ3) is 5.68. The number of cyclic esters (lactones) is 1. The molecule has 12 nitrogen and oxygen atoms in total. The minimum Gasteiger partial charge on any atom is -0.497 e. The number of hydrogen-bond acceptors (Lipinski definition) is 12. The lowest BCUT2D eigenvalue weighted by atomic mass is 9.65. The van der Waals surface area contributed by atoms with Crippen LogP contribution >= 0.6 is 11.6 Å². The van der Waals surface area contributed by atoms with Gasteiger partial charge in [0.05, 0.1) is 53.7 Å². The standard InChI is InChI=1S/C36H33ClO12S/c1-41-22-9-11-24(12-10-22)50(39,40)49-23-7-5-20(6-8-23)17-45-33-26-16-29-28(47-19-48-29)15-25(26)32(36(37)27(33)18-46-35(36)38)21-13-30(42-2)34(44-4)31(14-21)43-3/h5-16,27,32-33H,17-19H2,1-4H3/t27-,32-,33+,36-/m1/s1. The Morgan fingerprint density at radius 2 is 1.40 bits per heavy atom. The van der Waals surface area contributed by atoms with E-state index in [1.807, 2.05) is 12.1 Å². The Morgan fingerprint density at radius 3 is 2.00 bits per heavy atom. The van der Waals surface area contributed by atoms with Gasteiger partial charge in [-0.25, -0.2) is 0 Å². The van der Waals surface area contributed by atoms with Crippen molar-refractivity contribution in [3.63, 3.8) is 0 Å². The summed E-state index contributed by atoms with van der Waals surface area (Å²) in [5, 5.41) is 0. The fraction of sp³-hybridized carbons (Fsp3) is 0.306. The van der Waals surface area contributed by atoms with Crippen LogP contribution in [0.2, 0.25) is 0 Å². The molecule has 4 atom stereocenters. The van der Waals surface area contributed by atoms with Crippen LogP contribution in [0.1, 0.15) is 34.3 Å². The third-order valence-electron chi connectivity index (χ3n) is 9.16. The summed E-state index contributed by atoms with van der Waals surface area (Å²) >= 11 is 7.47. The van der Waals surface area contributed by atoms with Gasteiger partial charge in [0, 0.05) is 5.92 Å². The molecule has 0 amide bonds. The van der Waals surface area contributed by atoms with Crippen molar-refractivity contribution in [2.75, 3.05) is 41.8 Å². The van der Waals surface area contributed by atoms with E-state index in [1.54, 1.807) is 48.5 Å². The molecule has 262 valence electrons. The van der Waals surface area contributed by atoms with Gasteiger partial charge in [0.2, 0.25) is 12.5 Å². The minimum absolute atomic E-state index is 0.00902. The normalized spacial score (nSPS) is 21.9. The van der Waals surface area contributed by atoms with E-state index >= 15 is 0 Å². The summed E-state index contributed by atoms with van der Waals surface area (Å²) in [6.07, 6.45) is -0.701. The van der Waals surface area contributed by atoms with E-state index in [0.29, 0.717) is 45.6 Å². The Kier molecular flexibility index (Phi) is 8.83. The van der Waals surface area contributed by atoms with Crippen LogP contribution in [0.5, 0.6) is 40.2 Å². The fourth-order valence-electron chi connectivity index (χ4n) is 6.74. The van der Waals surface area contributed by atoms with Gasteiger partial charge in [0.25, 0.3) is 0 Å². The van der Waals surface area contributed by atoms with Crippen LogP contribution < -0.4 is 32.6 Å². The second-order valence-corrected chi connectivity index (χ2v) is 14.0. The summed E-state index contributed by atoms with van der Waals surface area (Å²) in [7, 11) is 1.96. The second-order valence-electron chi connectivity index (χ2n) is 11.8. The Labute approximate surface area is 293 Å². The Bertz CT molecular complexity index is 2010. The summed E-state index contributed by atoms with van der Waals surface area (Å²) in [5.74, 6) is 0.948. The number of hydrogen-bond donors (Lipinski definition) is 0. The van der Waals surface area contributed by atoms with E-state index in [2.05, 4.69) is 0 Å². The summed E-state index contributed by atoms with van der Waals surface area (Å²) in [6, 6.07) is 19.6. The van der Waals surface area contributed by atoms with Crippen LogP contribution in [-0.2, 0) is 31.0 Å². The molecule has 14 heteroatoms. The molecule has 1 saturated heterocycles. The van der Waals surface area contributed by atoms with Gasteiger partial charge in [-0.2, -0.15) is 8.42 Å². The van der Waals surface area contributed by atoms with E-state index in [-0.39, 0.29) is 30.7 Å². The highest BCUT2D eigenvalue weighted by atomic mass is 35.5. The van der Waals surface area contributed by atoms with Crippen molar-refractivity contribution >= 4 is 27.7 Å². The molecule has 0 N–H and O–H groups in total. The van der Waals surface area contributed by atoms with Gasteiger partial charge in [-0.1, -0.05) is 12.1 Å². The van der Waals surface area contributed by atoms with Crippen molar-refractivity contribution in [1.29, 1.82) is 0 Å². The molecule has 0 aromatic heterocycles. The lowest BCUT2D eigenvalue weighted by Crippen LogP contribution is -2.48. The fourth-order valence-corrected chi connectivity index (χ4v) is 8.15. The molecule has 4 aromatic carbocycles. The van der Waals surface area contributed by atoms with Crippen LogP contribution in [0.3, 0.4) is 0 Å². The summed E-state index contributed by atoms with van der Waals surface area (Å²) < 4.78 is 76.6. The topological polar surface area (TPSA) is 134 Å². The molecule has 0 spiro atoms. The number of rotatable bonds is 11. The molecule has 2 aliphatic heterocycles. The molecule has 1 aliphatic carbocycles. The maximum atomic E-state index is 13.7. The lowest BCUT2D eigenvalue weighted by Gasteiger charge is -2.43. The van der Waals surface area contributed by atoms with Gasteiger partial charge in [-0.3, -0.25) is 4.79 Å². The molecule has 3 aliphatic rings.